The van der Waals surface area contributed by atoms with Crippen LogP contribution in [0.1, 0.15) is 114 Å². The number of ether oxygens (including phenoxy) is 2. The molecule has 10 aromatic rings. The molecule has 8 nitrogen and oxygen atoms in total. The maximum Gasteiger partial charge on any atom is 0.328 e. The van der Waals surface area contributed by atoms with Crippen molar-refractivity contribution >= 4 is 57.5 Å². The third kappa shape index (κ3) is 13.2. The Morgan fingerprint density at radius 2 is 0.714 bits per heavy atom. The molecule has 0 unspecified atom stereocenters. The SMILES string of the molecule is CCCCCCCCOc1ccc(-c2c3/c(=C(\C#N)c4cccc(C)n4)n(B(c4ccccc4)c4ccccc4)c(-c4ccc(OCCCCCCCC)cc4)c3/c(=C(\C#N)c3cccc(C)n3)n2B(c2ccccc2)c2ccccc2)cc1. The summed E-state index contributed by atoms with van der Waals surface area (Å²) < 4.78 is 17.8. The summed E-state index contributed by atoms with van der Waals surface area (Å²) in [6.07, 6.45) is 14.0. The summed E-state index contributed by atoms with van der Waals surface area (Å²) >= 11 is 0. The number of fused-ring (bicyclic) bond motifs is 1. The van der Waals surface area contributed by atoms with Gasteiger partial charge in [-0.05, 0) is 111 Å². The highest BCUT2D eigenvalue weighted by Gasteiger charge is 2.37. The second-order valence-electron chi connectivity index (χ2n) is 21.9. The van der Waals surface area contributed by atoms with Crippen LogP contribution in [0.25, 0.3) is 44.4 Å². The maximum atomic E-state index is 12.2. The number of pyridine rings is 2. The van der Waals surface area contributed by atoms with E-state index < -0.39 is 13.7 Å². The predicted molar refractivity (Wildman–Crippen MR) is 349 cm³/mol. The molecule has 0 spiro atoms. The minimum absolute atomic E-state index is 0.387. The molecule has 0 fully saturated rings. The molecule has 0 aliphatic rings. The van der Waals surface area contributed by atoms with Crippen molar-refractivity contribution in [1.29, 1.82) is 10.5 Å². The molecule has 0 atom stereocenters. The molecule has 0 saturated carbocycles. The largest absolute Gasteiger partial charge is 0.494 e. The van der Waals surface area contributed by atoms with Crippen LogP contribution in [0.4, 0.5) is 0 Å². The normalized spacial score (nSPS) is 11.9. The summed E-state index contributed by atoms with van der Waals surface area (Å²) in [7, 11) is 0. The lowest BCUT2D eigenvalue weighted by molar-refractivity contribution is 0.304. The Morgan fingerprint density at radius 1 is 0.393 bits per heavy atom. The Labute approximate surface area is 497 Å². The van der Waals surface area contributed by atoms with E-state index >= 15 is 0 Å². The first kappa shape index (κ1) is 58.1. The Morgan fingerprint density at radius 3 is 1.02 bits per heavy atom. The number of hydrogen-bond donors (Lipinski definition) is 0. The van der Waals surface area contributed by atoms with Crippen molar-refractivity contribution in [3.8, 4) is 46.2 Å². The van der Waals surface area contributed by atoms with Gasteiger partial charge in [-0.25, -0.2) is 0 Å². The number of hydrogen-bond acceptors (Lipinski definition) is 6. The number of aromatic nitrogens is 4. The van der Waals surface area contributed by atoms with Crippen LogP contribution in [0.3, 0.4) is 0 Å². The van der Waals surface area contributed by atoms with Crippen LogP contribution >= 0.6 is 0 Å². The van der Waals surface area contributed by atoms with Crippen LogP contribution < -0.4 is 42.0 Å². The van der Waals surface area contributed by atoms with Crippen molar-refractivity contribution in [3.05, 3.63) is 240 Å². The van der Waals surface area contributed by atoms with E-state index in [1.165, 1.54) is 51.4 Å². The zero-order valence-electron chi connectivity index (χ0n) is 49.2. The van der Waals surface area contributed by atoms with Gasteiger partial charge in [0.05, 0.1) is 35.3 Å². The Kier molecular flexibility index (Phi) is 19.9. The first-order valence-corrected chi connectivity index (χ1v) is 30.3. The fraction of sp³-hybridized carbons (Fsp3) is 0.243. The second-order valence-corrected chi connectivity index (χ2v) is 21.9. The zero-order valence-corrected chi connectivity index (χ0v) is 49.2. The molecular formula is C74H74B2N6O2. The molecule has 4 heterocycles. The van der Waals surface area contributed by atoms with E-state index in [0.29, 0.717) is 46.4 Å². The molecule has 0 amide bonds. The van der Waals surface area contributed by atoms with Crippen molar-refractivity contribution in [2.75, 3.05) is 13.2 Å². The molecule has 0 bridgehead atoms. The van der Waals surface area contributed by atoms with E-state index in [2.05, 4.69) is 181 Å². The van der Waals surface area contributed by atoms with E-state index in [0.717, 1.165) is 104 Å². The molecule has 6 aromatic carbocycles. The van der Waals surface area contributed by atoms with Gasteiger partial charge in [-0.2, -0.15) is 10.5 Å². The average molecular weight is 1100 g/mol. The fourth-order valence-electron chi connectivity index (χ4n) is 11.9. The van der Waals surface area contributed by atoms with Gasteiger partial charge in [-0.1, -0.05) is 233 Å². The summed E-state index contributed by atoms with van der Waals surface area (Å²) in [5, 5.41) is 27.4. The lowest BCUT2D eigenvalue weighted by Gasteiger charge is -2.24. The topological polar surface area (TPSA) is 102 Å². The fourth-order valence-corrected chi connectivity index (χ4v) is 11.9. The van der Waals surface area contributed by atoms with Gasteiger partial charge in [0.25, 0.3) is 0 Å². The van der Waals surface area contributed by atoms with Crippen LogP contribution in [-0.4, -0.2) is 45.8 Å². The quantitative estimate of drug-likeness (QED) is 0.0395. The number of nitrogens with zero attached hydrogens (tertiary/aromatic N) is 6. The van der Waals surface area contributed by atoms with Gasteiger partial charge in [0, 0.05) is 33.5 Å². The molecular weight excluding hydrogens is 1030 g/mol. The standard InChI is InChI=1S/C74H74B2N6O2/c1-5-7-9-11-13-27-51-83-63-47-43-57(44-48-63)71-69-70(74(66(54-78)68-42-30-32-56(4)80-68)81(71)75(59-33-19-15-20-34-59)60-35-21-16-22-36-60)72(58-45-49-64(50-46-58)84-52-28-14-12-10-8-6-2)82(73(69)65(53-77)67-41-29-31-55(3)79-67)76(61-37-23-17-24-38-61)62-39-25-18-26-40-62/h15-26,29-50H,5-14,27-28,51-52H2,1-4H3/b73-65-,74-66-. The molecule has 4 aromatic heterocycles. The second kappa shape index (κ2) is 28.7. The van der Waals surface area contributed by atoms with Gasteiger partial charge < -0.3 is 18.4 Å². The van der Waals surface area contributed by atoms with Crippen molar-refractivity contribution in [2.24, 2.45) is 0 Å². The molecule has 0 N–H and O–H groups in total. The van der Waals surface area contributed by atoms with Crippen LogP contribution in [-0.2, 0) is 0 Å². The number of unbranched alkanes of at least 4 members (excludes halogenated alkanes) is 10. The smallest absolute Gasteiger partial charge is 0.328 e. The Hall–Kier alpha value is -9.11. The summed E-state index contributed by atoms with van der Waals surface area (Å²) in [4.78, 5) is 10.4. The van der Waals surface area contributed by atoms with Crippen LogP contribution in [0.5, 0.6) is 11.5 Å². The molecule has 0 aliphatic heterocycles. The predicted octanol–water partition coefficient (Wildman–Crippen LogP) is 13.4. The lowest BCUT2D eigenvalue weighted by atomic mass is 9.50. The van der Waals surface area contributed by atoms with E-state index in [9.17, 15) is 10.5 Å². The molecule has 0 aliphatic carbocycles. The van der Waals surface area contributed by atoms with Gasteiger partial charge in [-0.3, -0.25) is 9.97 Å². The highest BCUT2D eigenvalue weighted by Crippen LogP contribution is 2.37. The number of nitriles is 2. The molecule has 0 radical (unpaired) electrons. The lowest BCUT2D eigenvalue weighted by Crippen LogP contribution is -2.54. The first-order valence-electron chi connectivity index (χ1n) is 30.3. The van der Waals surface area contributed by atoms with Crippen LogP contribution in [0.15, 0.2) is 206 Å². The average Bonchev–Trinajstić information content (AvgIpc) is 1.82. The van der Waals surface area contributed by atoms with Crippen molar-refractivity contribution < 1.29 is 9.47 Å². The van der Waals surface area contributed by atoms with Crippen molar-refractivity contribution in [1.82, 2.24) is 18.9 Å². The van der Waals surface area contributed by atoms with Gasteiger partial charge >= 0.3 is 13.7 Å². The third-order valence-corrected chi connectivity index (χ3v) is 15.9. The van der Waals surface area contributed by atoms with E-state index in [1.807, 2.05) is 74.5 Å². The van der Waals surface area contributed by atoms with Crippen molar-refractivity contribution in [3.63, 3.8) is 0 Å². The van der Waals surface area contributed by atoms with E-state index in [-0.39, 0.29) is 0 Å². The molecule has 0 saturated heterocycles. The zero-order chi connectivity index (χ0) is 58.0. The van der Waals surface area contributed by atoms with Crippen LogP contribution in [0, 0.1) is 36.5 Å². The molecule has 10 rings (SSSR count). The highest BCUT2D eigenvalue weighted by atomic mass is 16.5. The minimum atomic E-state index is -0.504. The first-order chi connectivity index (χ1) is 41.4. The summed E-state index contributed by atoms with van der Waals surface area (Å²) in [6.45, 7) is 8.66. The minimum Gasteiger partial charge on any atom is -0.494 e. The summed E-state index contributed by atoms with van der Waals surface area (Å²) in [5.41, 5.74) is 10.8. The summed E-state index contributed by atoms with van der Waals surface area (Å²) in [5.74, 6) is 1.55. The van der Waals surface area contributed by atoms with Gasteiger partial charge in [0.2, 0.25) is 0 Å². The molecule has 10 heteroatoms. The molecule has 84 heavy (non-hydrogen) atoms. The monoisotopic (exact) mass is 1100 g/mol. The van der Waals surface area contributed by atoms with Crippen molar-refractivity contribution in [2.45, 2.75) is 105 Å². The van der Waals surface area contributed by atoms with Gasteiger partial charge in [0.15, 0.2) is 0 Å². The van der Waals surface area contributed by atoms with Crippen LogP contribution in [0.2, 0.25) is 0 Å². The summed E-state index contributed by atoms with van der Waals surface area (Å²) in [6, 6.07) is 76.4. The number of benzene rings is 6. The number of rotatable bonds is 26. The van der Waals surface area contributed by atoms with E-state index in [4.69, 9.17) is 19.4 Å². The number of aryl methyl sites for hydroxylation is 2. The highest BCUT2D eigenvalue weighted by molar-refractivity contribution is 6.85. The Bertz CT molecular complexity index is 3640. The maximum absolute atomic E-state index is 12.2. The van der Waals surface area contributed by atoms with Gasteiger partial charge in [0.1, 0.15) is 34.8 Å². The molecule has 418 valence electrons. The van der Waals surface area contributed by atoms with Gasteiger partial charge in [-0.15, -0.1) is 0 Å². The van der Waals surface area contributed by atoms with E-state index in [1.54, 1.807) is 0 Å². The Balaban J connectivity index is 1.42. The third-order valence-electron chi connectivity index (χ3n) is 15.9.